The molecule has 0 aromatic carbocycles. The SMILES string of the molecule is CCCNS(=O)(=O)N(CCC)CC1CCCNC1. The van der Waals surface area contributed by atoms with E-state index in [4.69, 9.17) is 0 Å². The van der Waals surface area contributed by atoms with Crippen LogP contribution in [-0.2, 0) is 10.2 Å². The van der Waals surface area contributed by atoms with Gasteiger partial charge in [0, 0.05) is 19.6 Å². The molecule has 1 aliphatic rings. The van der Waals surface area contributed by atoms with Crippen molar-refractivity contribution >= 4 is 10.2 Å². The summed E-state index contributed by atoms with van der Waals surface area (Å²) in [6, 6.07) is 0. The van der Waals surface area contributed by atoms with Crippen LogP contribution >= 0.6 is 0 Å². The minimum absolute atomic E-state index is 0.448. The quantitative estimate of drug-likeness (QED) is 0.694. The lowest BCUT2D eigenvalue weighted by atomic mass is 10.00. The van der Waals surface area contributed by atoms with Crippen molar-refractivity contribution in [2.45, 2.75) is 39.5 Å². The van der Waals surface area contributed by atoms with E-state index < -0.39 is 10.2 Å². The second-order valence-corrected chi connectivity index (χ2v) is 6.72. The van der Waals surface area contributed by atoms with E-state index >= 15 is 0 Å². The van der Waals surface area contributed by atoms with E-state index in [2.05, 4.69) is 10.0 Å². The van der Waals surface area contributed by atoms with Crippen LogP contribution in [0, 0.1) is 5.92 Å². The lowest BCUT2D eigenvalue weighted by Gasteiger charge is -2.29. The molecule has 1 rings (SSSR count). The summed E-state index contributed by atoms with van der Waals surface area (Å²) in [5.41, 5.74) is 0. The molecule has 1 fully saturated rings. The molecule has 6 heteroatoms. The lowest BCUT2D eigenvalue weighted by molar-refractivity contribution is 0.289. The highest BCUT2D eigenvalue weighted by atomic mass is 32.2. The number of rotatable bonds is 8. The first-order chi connectivity index (χ1) is 8.60. The summed E-state index contributed by atoms with van der Waals surface area (Å²) >= 11 is 0. The molecule has 0 aromatic rings. The third-order valence-corrected chi connectivity index (χ3v) is 4.79. The predicted molar refractivity (Wildman–Crippen MR) is 74.7 cm³/mol. The third-order valence-electron chi connectivity index (χ3n) is 3.21. The highest BCUT2D eigenvalue weighted by Gasteiger charge is 2.24. The standard InChI is InChI=1S/C12H27N3O2S/c1-3-7-14-18(16,17)15(9-4-2)11-12-6-5-8-13-10-12/h12-14H,3-11H2,1-2H3. The average Bonchev–Trinajstić information content (AvgIpc) is 2.37. The van der Waals surface area contributed by atoms with Gasteiger partial charge in [0.2, 0.25) is 0 Å². The van der Waals surface area contributed by atoms with Crippen LogP contribution in [0.15, 0.2) is 0 Å². The topological polar surface area (TPSA) is 61.4 Å². The van der Waals surface area contributed by atoms with Crippen LogP contribution in [0.5, 0.6) is 0 Å². The summed E-state index contributed by atoms with van der Waals surface area (Å²) in [5.74, 6) is 0.448. The monoisotopic (exact) mass is 277 g/mol. The van der Waals surface area contributed by atoms with Gasteiger partial charge in [-0.2, -0.15) is 12.7 Å². The normalized spacial score (nSPS) is 21.4. The molecule has 1 unspecified atom stereocenters. The van der Waals surface area contributed by atoms with Gasteiger partial charge in [-0.25, -0.2) is 4.72 Å². The number of hydrogen-bond donors (Lipinski definition) is 2. The number of nitrogens with one attached hydrogen (secondary N) is 2. The van der Waals surface area contributed by atoms with Crippen molar-refractivity contribution in [3.63, 3.8) is 0 Å². The minimum atomic E-state index is -3.29. The Morgan fingerprint density at radius 1 is 1.33 bits per heavy atom. The van der Waals surface area contributed by atoms with Gasteiger partial charge < -0.3 is 5.32 Å². The Kier molecular flexibility index (Phi) is 7.14. The summed E-state index contributed by atoms with van der Waals surface area (Å²) < 4.78 is 28.6. The number of piperidine rings is 1. The smallest absolute Gasteiger partial charge is 0.279 e. The van der Waals surface area contributed by atoms with Crippen molar-refractivity contribution < 1.29 is 8.42 Å². The number of nitrogens with zero attached hydrogens (tertiary/aromatic N) is 1. The molecule has 0 spiro atoms. The Hall–Kier alpha value is -0.170. The molecular weight excluding hydrogens is 250 g/mol. The van der Waals surface area contributed by atoms with Crippen LogP contribution in [0.3, 0.4) is 0 Å². The Morgan fingerprint density at radius 3 is 2.67 bits per heavy atom. The van der Waals surface area contributed by atoms with Gasteiger partial charge in [-0.1, -0.05) is 13.8 Å². The van der Waals surface area contributed by atoms with Gasteiger partial charge >= 0.3 is 0 Å². The van der Waals surface area contributed by atoms with Crippen LogP contribution in [-0.4, -0.2) is 45.4 Å². The molecule has 0 saturated carbocycles. The minimum Gasteiger partial charge on any atom is -0.316 e. The molecule has 0 amide bonds. The molecule has 0 aliphatic carbocycles. The summed E-state index contributed by atoms with van der Waals surface area (Å²) in [7, 11) is -3.29. The van der Waals surface area contributed by atoms with Gasteiger partial charge in [0.05, 0.1) is 0 Å². The maximum Gasteiger partial charge on any atom is 0.279 e. The molecule has 5 nitrogen and oxygen atoms in total. The molecule has 1 saturated heterocycles. The first-order valence-corrected chi connectivity index (χ1v) is 8.49. The van der Waals surface area contributed by atoms with Crippen molar-refractivity contribution in [3.8, 4) is 0 Å². The third kappa shape index (κ3) is 5.22. The van der Waals surface area contributed by atoms with Gasteiger partial charge in [-0.05, 0) is 44.7 Å². The maximum atomic E-state index is 12.1. The van der Waals surface area contributed by atoms with Crippen LogP contribution in [0.4, 0.5) is 0 Å². The van der Waals surface area contributed by atoms with Gasteiger partial charge in [0.25, 0.3) is 10.2 Å². The van der Waals surface area contributed by atoms with E-state index in [1.807, 2.05) is 13.8 Å². The highest BCUT2D eigenvalue weighted by Crippen LogP contribution is 2.14. The lowest BCUT2D eigenvalue weighted by Crippen LogP contribution is -2.46. The van der Waals surface area contributed by atoms with Crippen molar-refractivity contribution in [2.75, 3.05) is 32.7 Å². The zero-order valence-electron chi connectivity index (χ0n) is 11.6. The van der Waals surface area contributed by atoms with Crippen LogP contribution in [0.1, 0.15) is 39.5 Å². The van der Waals surface area contributed by atoms with Crippen LogP contribution < -0.4 is 10.0 Å². The van der Waals surface area contributed by atoms with Crippen molar-refractivity contribution in [1.29, 1.82) is 0 Å². The molecule has 0 aromatic heterocycles. The summed E-state index contributed by atoms with van der Waals surface area (Å²) in [6.07, 6.45) is 3.95. The molecule has 1 aliphatic heterocycles. The van der Waals surface area contributed by atoms with E-state index in [9.17, 15) is 8.42 Å². The maximum absolute atomic E-state index is 12.1. The van der Waals surface area contributed by atoms with Crippen molar-refractivity contribution in [3.05, 3.63) is 0 Å². The van der Waals surface area contributed by atoms with Crippen LogP contribution in [0.25, 0.3) is 0 Å². The van der Waals surface area contributed by atoms with Gasteiger partial charge in [-0.15, -0.1) is 0 Å². The largest absolute Gasteiger partial charge is 0.316 e. The first kappa shape index (κ1) is 15.9. The van der Waals surface area contributed by atoms with Crippen molar-refractivity contribution in [2.24, 2.45) is 5.92 Å². The molecular formula is C12H27N3O2S. The summed E-state index contributed by atoms with van der Waals surface area (Å²) in [6.45, 7) is 7.74. The molecule has 0 bridgehead atoms. The van der Waals surface area contributed by atoms with Gasteiger partial charge in [0.1, 0.15) is 0 Å². The first-order valence-electron chi connectivity index (χ1n) is 7.05. The van der Waals surface area contributed by atoms with Crippen LogP contribution in [0.2, 0.25) is 0 Å². The Bertz CT molecular complexity index is 313. The molecule has 18 heavy (non-hydrogen) atoms. The second-order valence-electron chi connectivity index (χ2n) is 4.97. The highest BCUT2D eigenvalue weighted by molar-refractivity contribution is 7.87. The van der Waals surface area contributed by atoms with E-state index in [0.29, 0.717) is 25.6 Å². The zero-order valence-corrected chi connectivity index (χ0v) is 12.4. The fourth-order valence-electron chi connectivity index (χ4n) is 2.25. The predicted octanol–water partition coefficient (Wildman–Crippen LogP) is 0.942. The van der Waals surface area contributed by atoms with Crippen molar-refractivity contribution in [1.82, 2.24) is 14.3 Å². The van der Waals surface area contributed by atoms with E-state index in [1.54, 1.807) is 4.31 Å². The van der Waals surface area contributed by atoms with E-state index in [0.717, 1.165) is 38.8 Å². The molecule has 2 N–H and O–H groups in total. The van der Waals surface area contributed by atoms with Gasteiger partial charge in [-0.3, -0.25) is 0 Å². The Labute approximate surface area is 112 Å². The van der Waals surface area contributed by atoms with E-state index in [1.165, 1.54) is 0 Å². The second kappa shape index (κ2) is 8.09. The summed E-state index contributed by atoms with van der Waals surface area (Å²) in [4.78, 5) is 0. The summed E-state index contributed by atoms with van der Waals surface area (Å²) in [5, 5.41) is 3.34. The Morgan fingerprint density at radius 2 is 2.11 bits per heavy atom. The Balaban J connectivity index is 2.56. The van der Waals surface area contributed by atoms with E-state index in [-0.39, 0.29) is 0 Å². The molecule has 1 atom stereocenters. The zero-order chi connectivity index (χ0) is 13.4. The molecule has 0 radical (unpaired) electrons. The molecule has 1 heterocycles. The molecule has 108 valence electrons. The average molecular weight is 277 g/mol. The fraction of sp³-hybridized carbons (Fsp3) is 1.00. The fourth-order valence-corrected chi connectivity index (χ4v) is 3.72. The number of hydrogen-bond acceptors (Lipinski definition) is 3. The van der Waals surface area contributed by atoms with Gasteiger partial charge in [0.15, 0.2) is 0 Å².